The van der Waals surface area contributed by atoms with Crippen molar-refractivity contribution in [2.24, 2.45) is 7.05 Å². The molecule has 0 aliphatic heterocycles. The molecule has 2 aromatic rings. The van der Waals surface area contributed by atoms with Gasteiger partial charge in [-0.3, -0.25) is 4.79 Å². The second-order valence-corrected chi connectivity index (χ2v) is 7.25. The summed E-state index contributed by atoms with van der Waals surface area (Å²) in [5.74, 6) is -5.03. The summed E-state index contributed by atoms with van der Waals surface area (Å²) in [5, 5.41) is 2.57. The smallest absolute Gasteiger partial charge is 0.275 e. The van der Waals surface area contributed by atoms with Gasteiger partial charge in [0.25, 0.3) is 11.8 Å². The molecular weight excluding hydrogens is 393 g/mol. The molecule has 0 aromatic carbocycles. The number of rotatable bonds is 6. The highest BCUT2D eigenvalue weighted by Gasteiger charge is 2.36. The van der Waals surface area contributed by atoms with Crippen LogP contribution in [-0.2, 0) is 18.4 Å². The molecule has 0 saturated carbocycles. The van der Waals surface area contributed by atoms with Gasteiger partial charge in [0.1, 0.15) is 16.9 Å². The number of anilines is 1. The molecule has 0 spiro atoms. The number of carbonyl (C=O) groups is 1. The monoisotopic (exact) mass is 408 g/mol. The van der Waals surface area contributed by atoms with Gasteiger partial charge in [-0.15, -0.1) is 4.72 Å². The largest absolute Gasteiger partial charge is 0.593 e. The third kappa shape index (κ3) is 4.70. The van der Waals surface area contributed by atoms with Crippen molar-refractivity contribution in [1.29, 1.82) is 0 Å². The van der Waals surface area contributed by atoms with Crippen LogP contribution in [0.1, 0.15) is 24.3 Å². The number of alkyl halides is 2. The molecule has 142 valence electrons. The van der Waals surface area contributed by atoms with Crippen LogP contribution in [0, 0.1) is 5.82 Å². The molecule has 0 fully saturated rings. The maximum Gasteiger partial charge on any atom is 0.275 e. The van der Waals surface area contributed by atoms with E-state index in [9.17, 15) is 22.5 Å². The third-order valence-corrected chi connectivity index (χ3v) is 4.99. The fourth-order valence-electron chi connectivity index (χ4n) is 1.96. The number of carbonyl (C=O) groups excluding carboxylic acids is 1. The Morgan fingerprint density at radius 2 is 2.15 bits per heavy atom. The molecule has 0 radical (unpaired) electrons. The van der Waals surface area contributed by atoms with Crippen molar-refractivity contribution in [3.05, 3.63) is 41.2 Å². The molecule has 2 atom stereocenters. The molecule has 0 bridgehead atoms. The fourth-order valence-corrected chi connectivity index (χ4v) is 3.30. The van der Waals surface area contributed by atoms with Gasteiger partial charge in [0.15, 0.2) is 0 Å². The van der Waals surface area contributed by atoms with Gasteiger partial charge in [-0.2, -0.15) is 4.39 Å². The van der Waals surface area contributed by atoms with E-state index in [1.54, 1.807) is 0 Å². The molecule has 2 heterocycles. The van der Waals surface area contributed by atoms with Crippen molar-refractivity contribution < 1.29 is 22.5 Å². The second kappa shape index (κ2) is 7.87. The first-order valence-electron chi connectivity index (χ1n) is 7.34. The van der Waals surface area contributed by atoms with E-state index in [0.717, 1.165) is 17.7 Å². The molecule has 0 aliphatic rings. The summed E-state index contributed by atoms with van der Waals surface area (Å²) in [6.07, 6.45) is 2.46. The van der Waals surface area contributed by atoms with Crippen LogP contribution >= 0.6 is 11.6 Å². The highest BCUT2D eigenvalue weighted by molar-refractivity contribution is 7.89. The lowest BCUT2D eigenvalue weighted by molar-refractivity contribution is -0.00488. The van der Waals surface area contributed by atoms with Gasteiger partial charge in [-0.05, 0) is 19.1 Å². The van der Waals surface area contributed by atoms with Gasteiger partial charge < -0.3 is 14.4 Å². The van der Waals surface area contributed by atoms with Crippen molar-refractivity contribution in [2.75, 3.05) is 5.32 Å². The molecule has 2 N–H and O–H groups in total. The minimum absolute atomic E-state index is 0.135. The first kappa shape index (κ1) is 20.6. The Morgan fingerprint density at radius 3 is 2.73 bits per heavy atom. The normalized spacial score (nSPS) is 14.2. The zero-order chi connectivity index (χ0) is 19.6. The zero-order valence-electron chi connectivity index (χ0n) is 14.0. The molecule has 0 saturated heterocycles. The van der Waals surface area contributed by atoms with Crippen LogP contribution in [0.5, 0.6) is 0 Å². The van der Waals surface area contributed by atoms with Crippen molar-refractivity contribution >= 4 is 34.6 Å². The molecule has 2 aromatic heterocycles. The summed E-state index contributed by atoms with van der Waals surface area (Å²) in [7, 11) is 1.37. The average Bonchev–Trinajstić information content (AvgIpc) is 2.81. The van der Waals surface area contributed by atoms with Crippen LogP contribution in [0.4, 0.5) is 18.9 Å². The molecule has 6 nitrogen and oxygen atoms in total. The minimum Gasteiger partial charge on any atom is -0.593 e. The molecule has 2 rings (SSSR count). The van der Waals surface area contributed by atoms with Crippen LogP contribution in [0.25, 0.3) is 0 Å². The Bertz CT molecular complexity index is 813. The lowest BCUT2D eigenvalue weighted by Gasteiger charge is -2.20. The van der Waals surface area contributed by atoms with E-state index in [1.807, 2.05) is 0 Å². The molecule has 1 unspecified atom stereocenters. The molecule has 1 amide bonds. The van der Waals surface area contributed by atoms with E-state index in [2.05, 4.69) is 15.0 Å². The number of pyridine rings is 1. The third-order valence-electron chi connectivity index (χ3n) is 3.53. The van der Waals surface area contributed by atoms with Crippen LogP contribution in [0.2, 0.25) is 5.15 Å². The summed E-state index contributed by atoms with van der Waals surface area (Å²) >= 11 is 3.45. The van der Waals surface area contributed by atoms with E-state index in [-0.39, 0.29) is 10.8 Å². The standard InChI is InChI=1S/C15H16ClF3N4O2S/c1-8(15(2,18)19)22-26(25)10-7-23(3)13(12(10)17)14(24)21-9-4-5-20-11(16)6-9/h4-8,22H,1-3H3,(H,20,21,24)/t8-,26?/m0/s1. The minimum atomic E-state index is -3.15. The Labute approximate surface area is 156 Å². The highest BCUT2D eigenvalue weighted by Crippen LogP contribution is 2.24. The van der Waals surface area contributed by atoms with Crippen molar-refractivity contribution in [3.63, 3.8) is 0 Å². The fraction of sp³-hybridized carbons (Fsp3) is 0.333. The van der Waals surface area contributed by atoms with Gasteiger partial charge in [-0.1, -0.05) is 11.6 Å². The first-order chi connectivity index (χ1) is 12.0. The van der Waals surface area contributed by atoms with E-state index in [4.69, 9.17) is 11.6 Å². The number of hydrogen-bond acceptors (Lipinski definition) is 4. The summed E-state index contributed by atoms with van der Waals surface area (Å²) in [5.41, 5.74) is -0.116. The zero-order valence-corrected chi connectivity index (χ0v) is 15.6. The van der Waals surface area contributed by atoms with Gasteiger partial charge in [-0.25, -0.2) is 13.8 Å². The van der Waals surface area contributed by atoms with E-state index in [1.165, 1.54) is 25.4 Å². The van der Waals surface area contributed by atoms with Crippen molar-refractivity contribution in [1.82, 2.24) is 14.3 Å². The number of amides is 1. The Morgan fingerprint density at radius 1 is 1.50 bits per heavy atom. The van der Waals surface area contributed by atoms with Crippen molar-refractivity contribution in [3.8, 4) is 0 Å². The number of nitrogens with zero attached hydrogens (tertiary/aromatic N) is 2. The maximum atomic E-state index is 14.6. The maximum absolute atomic E-state index is 14.6. The summed E-state index contributed by atoms with van der Waals surface area (Å²) in [4.78, 5) is 15.7. The van der Waals surface area contributed by atoms with E-state index >= 15 is 0 Å². The molecule has 26 heavy (non-hydrogen) atoms. The van der Waals surface area contributed by atoms with Crippen LogP contribution in [0.3, 0.4) is 0 Å². The lowest BCUT2D eigenvalue weighted by Crippen LogP contribution is -2.43. The van der Waals surface area contributed by atoms with Gasteiger partial charge >= 0.3 is 0 Å². The Balaban J connectivity index is 2.22. The van der Waals surface area contributed by atoms with Crippen LogP contribution in [-0.4, -0.2) is 32.0 Å². The number of hydrogen-bond donors (Lipinski definition) is 2. The Kier molecular flexibility index (Phi) is 6.22. The second-order valence-electron chi connectivity index (χ2n) is 5.65. The van der Waals surface area contributed by atoms with Crippen LogP contribution < -0.4 is 10.0 Å². The van der Waals surface area contributed by atoms with Crippen molar-refractivity contribution in [2.45, 2.75) is 30.7 Å². The average molecular weight is 409 g/mol. The predicted octanol–water partition coefficient (Wildman–Crippen LogP) is 3.12. The van der Waals surface area contributed by atoms with Gasteiger partial charge in [0.2, 0.25) is 10.7 Å². The number of halogens is 4. The summed E-state index contributed by atoms with van der Waals surface area (Å²) < 4.78 is 56.4. The molecular formula is C15H16ClF3N4O2S. The van der Waals surface area contributed by atoms with Crippen LogP contribution in [0.15, 0.2) is 29.4 Å². The first-order valence-corrected chi connectivity index (χ1v) is 8.87. The topological polar surface area (TPSA) is 82.0 Å². The number of aromatic nitrogens is 2. The van der Waals surface area contributed by atoms with E-state index in [0.29, 0.717) is 6.92 Å². The van der Waals surface area contributed by atoms with Gasteiger partial charge in [0, 0.05) is 25.9 Å². The summed E-state index contributed by atoms with van der Waals surface area (Å²) in [6, 6.07) is 1.36. The van der Waals surface area contributed by atoms with E-state index < -0.39 is 45.6 Å². The highest BCUT2D eigenvalue weighted by atomic mass is 35.5. The number of aryl methyl sites for hydroxylation is 1. The van der Waals surface area contributed by atoms with Gasteiger partial charge in [0.05, 0.1) is 17.6 Å². The predicted molar refractivity (Wildman–Crippen MR) is 92.2 cm³/mol. The number of nitrogens with one attached hydrogen (secondary N) is 2. The summed E-state index contributed by atoms with van der Waals surface area (Å²) in [6.45, 7) is 1.78. The lowest BCUT2D eigenvalue weighted by atomic mass is 10.2. The quantitative estimate of drug-likeness (QED) is 0.568. The molecule has 0 aliphatic carbocycles. The SMILES string of the molecule is C[C@H](N[S+]([O-])c1cn(C)c(C(=O)Nc2ccnc(Cl)c2)c1F)C(C)(F)F. The Hall–Kier alpha value is -1.75. The molecule has 11 heteroatoms.